The highest BCUT2D eigenvalue weighted by Crippen LogP contribution is 2.31. The first-order valence-corrected chi connectivity index (χ1v) is 5.77. The molecule has 1 aliphatic carbocycles. The van der Waals surface area contributed by atoms with Gasteiger partial charge in [0.25, 0.3) is 0 Å². The lowest BCUT2D eigenvalue weighted by molar-refractivity contribution is -0.138. The Kier molecular flexibility index (Phi) is 3.57. The molecule has 1 amide bonds. The Labute approximate surface area is 87.7 Å². The first kappa shape index (κ1) is 11.5. The van der Waals surface area contributed by atoms with Crippen LogP contribution >= 0.6 is 0 Å². The van der Waals surface area contributed by atoms with Crippen molar-refractivity contribution in [3.63, 3.8) is 0 Å². The van der Waals surface area contributed by atoms with E-state index in [1.807, 2.05) is 13.8 Å². The van der Waals surface area contributed by atoms with Crippen molar-refractivity contribution in [3.8, 4) is 0 Å². The molecule has 0 aromatic heterocycles. The second-order valence-electron chi connectivity index (χ2n) is 5.12. The van der Waals surface area contributed by atoms with Crippen molar-refractivity contribution in [2.45, 2.75) is 59.5 Å². The molecule has 0 aliphatic heterocycles. The monoisotopic (exact) mass is 197 g/mol. The van der Waals surface area contributed by atoms with Crippen molar-refractivity contribution >= 4 is 5.91 Å². The highest BCUT2D eigenvalue weighted by molar-refractivity contribution is 5.79. The Balaban J connectivity index is 2.68. The van der Waals surface area contributed by atoms with Gasteiger partial charge in [0.05, 0.1) is 0 Å². The van der Waals surface area contributed by atoms with Crippen LogP contribution in [0.2, 0.25) is 0 Å². The van der Waals surface area contributed by atoms with Gasteiger partial charge < -0.3 is 4.90 Å². The number of nitrogens with zero attached hydrogens (tertiary/aromatic N) is 1. The topological polar surface area (TPSA) is 20.3 Å². The summed E-state index contributed by atoms with van der Waals surface area (Å²) < 4.78 is 0. The Morgan fingerprint density at radius 1 is 1.14 bits per heavy atom. The molecule has 0 radical (unpaired) electrons. The highest BCUT2D eigenvalue weighted by atomic mass is 16.2. The van der Waals surface area contributed by atoms with Crippen LogP contribution in [0.15, 0.2) is 0 Å². The van der Waals surface area contributed by atoms with Crippen LogP contribution < -0.4 is 0 Å². The Bertz CT molecular complexity index is 206. The Morgan fingerprint density at radius 2 is 1.64 bits per heavy atom. The van der Waals surface area contributed by atoms with Gasteiger partial charge in [0.15, 0.2) is 0 Å². The lowest BCUT2D eigenvalue weighted by Gasteiger charge is -2.33. The van der Waals surface area contributed by atoms with Gasteiger partial charge in [-0.05, 0) is 25.7 Å². The van der Waals surface area contributed by atoms with E-state index in [-0.39, 0.29) is 5.92 Å². The maximum atomic E-state index is 12.0. The van der Waals surface area contributed by atoms with Gasteiger partial charge in [-0.2, -0.15) is 0 Å². The zero-order chi connectivity index (χ0) is 10.9. The van der Waals surface area contributed by atoms with Gasteiger partial charge in [0.1, 0.15) is 0 Å². The minimum Gasteiger partial charge on any atom is -0.337 e. The minimum absolute atomic E-state index is 0.136. The van der Waals surface area contributed by atoms with Crippen LogP contribution in [0, 0.1) is 11.8 Å². The van der Waals surface area contributed by atoms with Gasteiger partial charge in [-0.25, -0.2) is 0 Å². The van der Waals surface area contributed by atoms with Crippen molar-refractivity contribution in [1.82, 2.24) is 4.90 Å². The van der Waals surface area contributed by atoms with Gasteiger partial charge in [-0.3, -0.25) is 4.79 Å². The molecule has 1 fully saturated rings. The van der Waals surface area contributed by atoms with Crippen molar-refractivity contribution in [1.29, 1.82) is 0 Å². The fourth-order valence-electron chi connectivity index (χ4n) is 1.69. The summed E-state index contributed by atoms with van der Waals surface area (Å²) in [6.45, 7) is 10.5. The van der Waals surface area contributed by atoms with E-state index in [9.17, 15) is 4.79 Å². The largest absolute Gasteiger partial charge is 0.337 e. The van der Waals surface area contributed by atoms with Crippen molar-refractivity contribution in [3.05, 3.63) is 0 Å². The van der Waals surface area contributed by atoms with Crippen LogP contribution in [0.1, 0.15) is 47.5 Å². The van der Waals surface area contributed by atoms with E-state index < -0.39 is 0 Å². The van der Waals surface area contributed by atoms with E-state index in [0.717, 1.165) is 0 Å². The fourth-order valence-corrected chi connectivity index (χ4v) is 1.69. The molecule has 1 rings (SSSR count). The number of rotatable bonds is 4. The Morgan fingerprint density at radius 3 is 1.93 bits per heavy atom. The van der Waals surface area contributed by atoms with Crippen LogP contribution in [-0.2, 0) is 4.79 Å². The SMILES string of the molecule is CC(C)C(=O)N(C1CC1)[C@@H](C)C(C)C. The smallest absolute Gasteiger partial charge is 0.225 e. The molecule has 2 heteroatoms. The molecule has 14 heavy (non-hydrogen) atoms. The summed E-state index contributed by atoms with van der Waals surface area (Å²) in [5.74, 6) is 1.02. The molecule has 0 spiro atoms. The van der Waals surface area contributed by atoms with Crippen LogP contribution in [-0.4, -0.2) is 22.9 Å². The molecular weight excluding hydrogens is 174 g/mol. The highest BCUT2D eigenvalue weighted by Gasteiger charge is 2.37. The van der Waals surface area contributed by atoms with Crippen molar-refractivity contribution in [2.75, 3.05) is 0 Å². The summed E-state index contributed by atoms with van der Waals surface area (Å²) in [5.41, 5.74) is 0. The van der Waals surface area contributed by atoms with Crippen molar-refractivity contribution in [2.24, 2.45) is 11.8 Å². The molecule has 0 unspecified atom stereocenters. The second kappa shape index (κ2) is 4.33. The molecule has 0 heterocycles. The molecule has 1 saturated carbocycles. The zero-order valence-corrected chi connectivity index (χ0v) is 10.1. The molecule has 0 N–H and O–H groups in total. The predicted octanol–water partition coefficient (Wildman–Crippen LogP) is 2.68. The minimum atomic E-state index is 0.136. The summed E-state index contributed by atoms with van der Waals surface area (Å²) >= 11 is 0. The summed E-state index contributed by atoms with van der Waals surface area (Å²) in [4.78, 5) is 14.1. The van der Waals surface area contributed by atoms with E-state index in [0.29, 0.717) is 23.9 Å². The number of hydrogen-bond donors (Lipinski definition) is 0. The third-order valence-corrected chi connectivity index (χ3v) is 3.09. The first-order valence-electron chi connectivity index (χ1n) is 5.77. The summed E-state index contributed by atoms with van der Waals surface area (Å²) in [6, 6.07) is 0.930. The average molecular weight is 197 g/mol. The Hall–Kier alpha value is -0.530. The van der Waals surface area contributed by atoms with E-state index >= 15 is 0 Å². The van der Waals surface area contributed by atoms with E-state index in [4.69, 9.17) is 0 Å². The first-order chi connectivity index (χ1) is 6.45. The van der Waals surface area contributed by atoms with Crippen LogP contribution in [0.25, 0.3) is 0 Å². The molecule has 1 atom stereocenters. The molecule has 0 aromatic carbocycles. The van der Waals surface area contributed by atoms with Gasteiger partial charge in [-0.1, -0.05) is 27.7 Å². The molecule has 0 bridgehead atoms. The van der Waals surface area contributed by atoms with E-state index in [1.54, 1.807) is 0 Å². The molecule has 0 aromatic rings. The van der Waals surface area contributed by atoms with Crippen LogP contribution in [0.5, 0.6) is 0 Å². The molecule has 0 saturated heterocycles. The average Bonchev–Trinajstić information content (AvgIpc) is 2.87. The van der Waals surface area contributed by atoms with Gasteiger partial charge in [0, 0.05) is 18.0 Å². The normalized spacial score (nSPS) is 18.8. The summed E-state index contributed by atoms with van der Waals surface area (Å²) in [5, 5.41) is 0. The van der Waals surface area contributed by atoms with Gasteiger partial charge in [0.2, 0.25) is 5.91 Å². The quantitative estimate of drug-likeness (QED) is 0.678. The number of amides is 1. The number of carbonyl (C=O) groups excluding carboxylic acids is 1. The third kappa shape index (κ3) is 2.49. The van der Waals surface area contributed by atoms with E-state index in [1.165, 1.54) is 12.8 Å². The maximum absolute atomic E-state index is 12.0. The summed E-state index contributed by atoms with van der Waals surface area (Å²) in [6.07, 6.45) is 2.41. The third-order valence-electron chi connectivity index (χ3n) is 3.09. The van der Waals surface area contributed by atoms with Gasteiger partial charge in [-0.15, -0.1) is 0 Å². The number of carbonyl (C=O) groups is 1. The predicted molar refractivity (Wildman–Crippen MR) is 59.0 cm³/mol. The van der Waals surface area contributed by atoms with Crippen molar-refractivity contribution < 1.29 is 4.79 Å². The second-order valence-corrected chi connectivity index (χ2v) is 5.12. The number of hydrogen-bond acceptors (Lipinski definition) is 1. The van der Waals surface area contributed by atoms with Crippen LogP contribution in [0.4, 0.5) is 0 Å². The lowest BCUT2D eigenvalue weighted by Crippen LogP contribution is -2.45. The fraction of sp³-hybridized carbons (Fsp3) is 0.917. The van der Waals surface area contributed by atoms with E-state index in [2.05, 4.69) is 25.7 Å². The lowest BCUT2D eigenvalue weighted by atomic mass is 10.0. The molecular formula is C12H23NO. The summed E-state index contributed by atoms with van der Waals surface area (Å²) in [7, 11) is 0. The standard InChI is InChI=1S/C12H23NO/c1-8(2)10(5)13(11-6-7-11)12(14)9(3)4/h8-11H,6-7H2,1-5H3/t10-/m0/s1. The molecule has 1 aliphatic rings. The molecule has 82 valence electrons. The molecule has 2 nitrogen and oxygen atoms in total. The van der Waals surface area contributed by atoms with Gasteiger partial charge >= 0.3 is 0 Å². The maximum Gasteiger partial charge on any atom is 0.225 e. The van der Waals surface area contributed by atoms with Crippen LogP contribution in [0.3, 0.4) is 0 Å². The zero-order valence-electron chi connectivity index (χ0n) is 10.1.